The quantitative estimate of drug-likeness (QED) is 0.545. The summed E-state index contributed by atoms with van der Waals surface area (Å²) >= 11 is 12.6. The summed E-state index contributed by atoms with van der Waals surface area (Å²) in [6, 6.07) is 14.0. The van der Waals surface area contributed by atoms with Crippen LogP contribution in [0.1, 0.15) is 12.0 Å². The first kappa shape index (κ1) is 19.4. The third kappa shape index (κ3) is 4.88. The van der Waals surface area contributed by atoms with Gasteiger partial charge < -0.3 is 9.84 Å². The summed E-state index contributed by atoms with van der Waals surface area (Å²) in [6.45, 7) is 0.0790. The zero-order valence-corrected chi connectivity index (χ0v) is 16.3. The van der Waals surface area contributed by atoms with Crippen LogP contribution in [0, 0.1) is 0 Å². The second-order valence-corrected chi connectivity index (χ2v) is 7.67. The molecule has 8 heteroatoms. The Bertz CT molecular complexity index is 945. The van der Waals surface area contributed by atoms with Gasteiger partial charge in [-0.3, -0.25) is 14.5 Å². The van der Waals surface area contributed by atoms with E-state index < -0.39 is 5.97 Å². The van der Waals surface area contributed by atoms with E-state index in [0.717, 1.165) is 5.56 Å². The number of thiocarbonyl (C=S) groups is 1. The molecule has 1 amide bonds. The van der Waals surface area contributed by atoms with E-state index in [-0.39, 0.29) is 18.9 Å². The van der Waals surface area contributed by atoms with E-state index in [4.69, 9.17) is 33.7 Å². The van der Waals surface area contributed by atoms with Crippen molar-refractivity contribution in [2.45, 2.75) is 6.42 Å². The maximum Gasteiger partial charge on any atom is 0.306 e. The fraction of sp³-hybridized carbons (Fsp3) is 0.105. The van der Waals surface area contributed by atoms with Gasteiger partial charge in [0.1, 0.15) is 5.75 Å². The van der Waals surface area contributed by atoms with Gasteiger partial charge in [-0.1, -0.05) is 53.8 Å². The topological polar surface area (TPSA) is 66.8 Å². The van der Waals surface area contributed by atoms with E-state index in [1.807, 2.05) is 6.07 Å². The molecule has 0 aliphatic carbocycles. The summed E-state index contributed by atoms with van der Waals surface area (Å²) < 4.78 is 5.85. The molecular formula is C19H14ClNO4S2. The first-order chi connectivity index (χ1) is 12.9. The number of hydrogen-bond acceptors (Lipinski definition) is 5. The Hall–Kier alpha value is -2.35. The molecule has 2 aromatic rings. The van der Waals surface area contributed by atoms with Gasteiger partial charge in [-0.2, -0.15) is 0 Å². The Kier molecular flexibility index (Phi) is 6.15. The van der Waals surface area contributed by atoms with E-state index in [1.165, 1.54) is 16.7 Å². The van der Waals surface area contributed by atoms with Crippen molar-refractivity contribution >= 4 is 63.5 Å². The van der Waals surface area contributed by atoms with Crippen LogP contribution >= 0.6 is 35.6 Å². The summed E-state index contributed by atoms with van der Waals surface area (Å²) in [5, 5.41) is 9.20. The largest absolute Gasteiger partial charge is 0.493 e. The highest BCUT2D eigenvalue weighted by Crippen LogP contribution is 2.36. The fourth-order valence-electron chi connectivity index (χ4n) is 2.41. The molecular weight excluding hydrogens is 406 g/mol. The van der Waals surface area contributed by atoms with E-state index in [0.29, 0.717) is 25.7 Å². The molecule has 0 bridgehead atoms. The van der Waals surface area contributed by atoms with Crippen LogP contribution in [-0.2, 0) is 9.59 Å². The van der Waals surface area contributed by atoms with Gasteiger partial charge in [0.05, 0.1) is 23.6 Å². The monoisotopic (exact) mass is 419 g/mol. The number of carbonyl (C=O) groups is 2. The predicted molar refractivity (Wildman–Crippen MR) is 111 cm³/mol. The highest BCUT2D eigenvalue weighted by molar-refractivity contribution is 8.27. The minimum Gasteiger partial charge on any atom is -0.493 e. The molecule has 5 nitrogen and oxygen atoms in total. The molecule has 1 saturated heterocycles. The van der Waals surface area contributed by atoms with Crippen molar-refractivity contribution in [1.29, 1.82) is 0 Å². The van der Waals surface area contributed by atoms with Gasteiger partial charge >= 0.3 is 5.97 Å². The lowest BCUT2D eigenvalue weighted by Gasteiger charge is -2.14. The molecule has 0 spiro atoms. The van der Waals surface area contributed by atoms with Crippen LogP contribution in [0.2, 0.25) is 5.02 Å². The molecule has 27 heavy (non-hydrogen) atoms. The number of amides is 1. The number of ether oxygens (including phenoxy) is 1. The number of rotatable bonds is 6. The normalized spacial score (nSPS) is 15.4. The molecule has 1 aliphatic rings. The van der Waals surface area contributed by atoms with Crippen LogP contribution < -0.4 is 9.64 Å². The number of hydrogen-bond donors (Lipinski definition) is 1. The number of nitrogens with zero attached hydrogens (tertiary/aromatic N) is 1. The van der Waals surface area contributed by atoms with E-state index in [1.54, 1.807) is 48.5 Å². The Morgan fingerprint density at radius 3 is 2.78 bits per heavy atom. The van der Waals surface area contributed by atoms with Crippen molar-refractivity contribution < 1.29 is 19.4 Å². The van der Waals surface area contributed by atoms with Crippen molar-refractivity contribution in [2.75, 3.05) is 11.5 Å². The minimum absolute atomic E-state index is 0.0790. The lowest BCUT2D eigenvalue weighted by Crippen LogP contribution is -2.27. The van der Waals surface area contributed by atoms with Crippen LogP contribution in [0.3, 0.4) is 0 Å². The van der Waals surface area contributed by atoms with Gasteiger partial charge in [0.2, 0.25) is 0 Å². The van der Waals surface area contributed by atoms with Crippen molar-refractivity contribution in [2.24, 2.45) is 0 Å². The van der Waals surface area contributed by atoms with Gasteiger partial charge in [-0.05, 0) is 42.0 Å². The third-order valence-corrected chi connectivity index (χ3v) is 5.14. The zero-order chi connectivity index (χ0) is 19.4. The average molecular weight is 420 g/mol. The maximum atomic E-state index is 12.8. The van der Waals surface area contributed by atoms with E-state index >= 15 is 0 Å². The molecule has 1 heterocycles. The molecule has 0 unspecified atom stereocenters. The summed E-state index contributed by atoms with van der Waals surface area (Å²) in [5.74, 6) is -0.601. The van der Waals surface area contributed by atoms with Crippen molar-refractivity contribution in [1.82, 2.24) is 0 Å². The van der Waals surface area contributed by atoms with E-state index in [2.05, 4.69) is 0 Å². The maximum absolute atomic E-state index is 12.8. The first-order valence-corrected chi connectivity index (χ1v) is 9.52. The second kappa shape index (κ2) is 8.56. The minimum atomic E-state index is -0.921. The Labute approximate surface area is 170 Å². The molecule has 0 radical (unpaired) electrons. The lowest BCUT2D eigenvalue weighted by molar-refractivity contribution is -0.137. The Balaban J connectivity index is 1.78. The van der Waals surface area contributed by atoms with Crippen LogP contribution in [0.15, 0.2) is 53.4 Å². The molecule has 0 aromatic heterocycles. The molecule has 3 rings (SSSR count). The number of benzene rings is 2. The SMILES string of the molecule is O=C(O)CCOc1cccc(/C=C2/SC(=S)N(c3cccc(Cl)c3)C2=O)c1. The molecule has 1 N–H and O–H groups in total. The van der Waals surface area contributed by atoms with E-state index in [9.17, 15) is 9.59 Å². The van der Waals surface area contributed by atoms with Crippen LogP contribution in [-0.4, -0.2) is 27.9 Å². The summed E-state index contributed by atoms with van der Waals surface area (Å²) in [5.41, 5.74) is 1.38. The van der Waals surface area contributed by atoms with Crippen LogP contribution in [0.5, 0.6) is 5.75 Å². The highest BCUT2D eigenvalue weighted by Gasteiger charge is 2.33. The molecule has 1 aliphatic heterocycles. The Morgan fingerprint density at radius 2 is 2.04 bits per heavy atom. The number of carbonyl (C=O) groups excluding carboxylic acids is 1. The van der Waals surface area contributed by atoms with Gasteiger partial charge in [-0.25, -0.2) is 0 Å². The number of carboxylic acids is 1. The molecule has 2 aromatic carbocycles. The number of aliphatic carboxylic acids is 1. The van der Waals surface area contributed by atoms with Gasteiger partial charge in [0.25, 0.3) is 5.91 Å². The molecule has 1 fully saturated rings. The average Bonchev–Trinajstić information content (AvgIpc) is 2.88. The van der Waals surface area contributed by atoms with Crippen molar-refractivity contribution in [3.8, 4) is 5.75 Å². The van der Waals surface area contributed by atoms with Crippen molar-refractivity contribution in [3.63, 3.8) is 0 Å². The molecule has 0 saturated carbocycles. The Morgan fingerprint density at radius 1 is 1.26 bits per heavy atom. The number of anilines is 1. The number of thioether (sulfide) groups is 1. The van der Waals surface area contributed by atoms with Crippen LogP contribution in [0.4, 0.5) is 5.69 Å². The van der Waals surface area contributed by atoms with Gasteiger partial charge in [0, 0.05) is 5.02 Å². The standard InChI is InChI=1S/C19H14ClNO4S2/c20-13-4-2-5-14(11-13)21-18(24)16(27-19(21)26)10-12-3-1-6-15(9-12)25-8-7-17(22)23/h1-6,9-11H,7-8H2,(H,22,23)/b16-10+. The van der Waals surface area contributed by atoms with Gasteiger partial charge in [-0.15, -0.1) is 0 Å². The fourth-order valence-corrected chi connectivity index (χ4v) is 3.89. The summed E-state index contributed by atoms with van der Waals surface area (Å²) in [6.07, 6.45) is 1.65. The van der Waals surface area contributed by atoms with Crippen LogP contribution in [0.25, 0.3) is 6.08 Å². The smallest absolute Gasteiger partial charge is 0.306 e. The first-order valence-electron chi connectivity index (χ1n) is 7.92. The second-order valence-electron chi connectivity index (χ2n) is 5.56. The number of carboxylic acid groups (broad SMARTS) is 1. The molecule has 138 valence electrons. The zero-order valence-electron chi connectivity index (χ0n) is 13.9. The molecule has 0 atom stereocenters. The lowest BCUT2D eigenvalue weighted by atomic mass is 10.2. The highest BCUT2D eigenvalue weighted by atomic mass is 35.5. The summed E-state index contributed by atoms with van der Waals surface area (Å²) in [7, 11) is 0. The third-order valence-electron chi connectivity index (χ3n) is 3.60. The van der Waals surface area contributed by atoms with Crippen molar-refractivity contribution in [3.05, 3.63) is 64.0 Å². The summed E-state index contributed by atoms with van der Waals surface area (Å²) in [4.78, 5) is 25.3. The number of halogens is 1. The van der Waals surface area contributed by atoms with Gasteiger partial charge in [0.15, 0.2) is 4.32 Å². The predicted octanol–water partition coefficient (Wildman–Crippen LogP) is 4.60.